The van der Waals surface area contributed by atoms with Gasteiger partial charge in [-0.05, 0) is 61.0 Å². The van der Waals surface area contributed by atoms with Crippen molar-refractivity contribution in [2.75, 3.05) is 16.8 Å². The molecule has 3 aromatic rings. The van der Waals surface area contributed by atoms with Gasteiger partial charge in [0.15, 0.2) is 6.61 Å². The second kappa shape index (κ2) is 8.64. The minimum atomic E-state index is -0.712. The van der Waals surface area contributed by atoms with E-state index in [1.165, 1.54) is 24.3 Å². The van der Waals surface area contributed by atoms with E-state index in [1.54, 1.807) is 42.5 Å². The van der Waals surface area contributed by atoms with Crippen molar-refractivity contribution in [2.45, 2.75) is 6.92 Å². The van der Waals surface area contributed by atoms with Crippen LogP contribution in [0, 0.1) is 6.92 Å². The number of esters is 1. The summed E-state index contributed by atoms with van der Waals surface area (Å²) in [4.78, 5) is 50.5. The van der Waals surface area contributed by atoms with Crippen molar-refractivity contribution in [3.05, 3.63) is 94.0 Å². The van der Waals surface area contributed by atoms with Crippen molar-refractivity contribution in [1.82, 2.24) is 0 Å². The van der Waals surface area contributed by atoms with Crippen LogP contribution in [0.1, 0.15) is 36.6 Å². The van der Waals surface area contributed by atoms with E-state index in [2.05, 4.69) is 5.32 Å². The Morgan fingerprint density at radius 2 is 1.56 bits per heavy atom. The number of hydrogen-bond acceptors (Lipinski definition) is 5. The molecular formula is C24H17ClN2O5. The van der Waals surface area contributed by atoms with Gasteiger partial charge >= 0.3 is 5.97 Å². The lowest BCUT2D eigenvalue weighted by atomic mass is 10.1. The second-order valence-corrected chi connectivity index (χ2v) is 7.53. The number of ether oxygens (including phenoxy) is 1. The van der Waals surface area contributed by atoms with Crippen LogP contribution >= 0.6 is 11.6 Å². The third-order valence-electron chi connectivity index (χ3n) is 4.95. The highest BCUT2D eigenvalue weighted by Crippen LogP contribution is 2.28. The van der Waals surface area contributed by atoms with E-state index >= 15 is 0 Å². The molecule has 0 radical (unpaired) electrons. The van der Waals surface area contributed by atoms with Crippen LogP contribution in [-0.2, 0) is 9.53 Å². The number of carbonyl (C=O) groups excluding carboxylic acids is 4. The summed E-state index contributed by atoms with van der Waals surface area (Å²) in [5, 5.41) is 3.11. The Hall–Kier alpha value is -3.97. The first-order valence-corrected chi connectivity index (χ1v) is 10.0. The molecule has 3 amide bonds. The standard InChI is InChI=1S/C24H17ClN2O5/c1-14-6-9-16(12-20(14)25)26-21(28)13-32-24(31)15-7-10-17(11-8-15)27-22(29)18-4-2-3-5-19(18)23(27)30/h2-12H,13H2,1H3,(H,26,28). The minimum Gasteiger partial charge on any atom is -0.452 e. The summed E-state index contributed by atoms with van der Waals surface area (Å²) >= 11 is 6.03. The highest BCUT2D eigenvalue weighted by Gasteiger charge is 2.36. The Balaban J connectivity index is 1.37. The molecule has 0 bridgehead atoms. The molecule has 160 valence electrons. The average molecular weight is 449 g/mol. The van der Waals surface area contributed by atoms with E-state index in [0.717, 1.165) is 10.5 Å². The quantitative estimate of drug-likeness (QED) is 0.465. The van der Waals surface area contributed by atoms with Gasteiger partial charge in [-0.1, -0.05) is 29.8 Å². The Kier molecular flexibility index (Phi) is 5.75. The molecule has 4 rings (SSSR count). The largest absolute Gasteiger partial charge is 0.452 e. The van der Waals surface area contributed by atoms with E-state index in [1.807, 2.05) is 6.92 Å². The summed E-state index contributed by atoms with van der Waals surface area (Å²) in [6.45, 7) is 1.36. The monoisotopic (exact) mass is 448 g/mol. The summed E-state index contributed by atoms with van der Waals surface area (Å²) in [5.74, 6) is -2.07. The molecule has 0 unspecified atom stereocenters. The third kappa shape index (κ3) is 4.10. The predicted octanol–water partition coefficient (Wildman–Crippen LogP) is 4.24. The van der Waals surface area contributed by atoms with Crippen LogP contribution in [-0.4, -0.2) is 30.3 Å². The van der Waals surface area contributed by atoms with Gasteiger partial charge in [-0.2, -0.15) is 0 Å². The van der Waals surface area contributed by atoms with Crippen molar-refractivity contribution in [3.63, 3.8) is 0 Å². The van der Waals surface area contributed by atoms with Gasteiger partial charge < -0.3 is 10.1 Å². The molecule has 0 saturated carbocycles. The number of anilines is 2. The summed E-state index contributed by atoms with van der Waals surface area (Å²) in [6, 6.07) is 17.4. The zero-order valence-corrected chi connectivity index (χ0v) is 17.7. The van der Waals surface area contributed by atoms with E-state index < -0.39 is 30.3 Å². The molecule has 32 heavy (non-hydrogen) atoms. The normalized spacial score (nSPS) is 12.5. The molecule has 0 aromatic heterocycles. The van der Waals surface area contributed by atoms with Gasteiger partial charge in [0.25, 0.3) is 17.7 Å². The van der Waals surface area contributed by atoms with E-state index in [0.29, 0.717) is 27.5 Å². The fourth-order valence-corrected chi connectivity index (χ4v) is 3.43. The van der Waals surface area contributed by atoms with Crippen molar-refractivity contribution in [2.24, 2.45) is 0 Å². The number of hydrogen-bond donors (Lipinski definition) is 1. The molecule has 8 heteroatoms. The Morgan fingerprint density at radius 1 is 0.938 bits per heavy atom. The first-order valence-electron chi connectivity index (χ1n) is 9.66. The minimum absolute atomic E-state index is 0.177. The van der Waals surface area contributed by atoms with Gasteiger partial charge in [0.1, 0.15) is 0 Å². The van der Waals surface area contributed by atoms with Crippen molar-refractivity contribution < 1.29 is 23.9 Å². The molecular weight excluding hydrogens is 432 g/mol. The molecule has 0 atom stereocenters. The maximum Gasteiger partial charge on any atom is 0.338 e. The Bertz CT molecular complexity index is 1220. The molecule has 0 saturated heterocycles. The van der Waals surface area contributed by atoms with Crippen LogP contribution in [0.15, 0.2) is 66.7 Å². The fraction of sp³-hybridized carbons (Fsp3) is 0.0833. The van der Waals surface area contributed by atoms with Crippen LogP contribution in [0.3, 0.4) is 0 Å². The fourth-order valence-electron chi connectivity index (χ4n) is 3.25. The van der Waals surface area contributed by atoms with Crippen molar-refractivity contribution >= 4 is 46.7 Å². The maximum absolute atomic E-state index is 12.6. The van der Waals surface area contributed by atoms with Crippen LogP contribution in [0.25, 0.3) is 0 Å². The number of aryl methyl sites for hydroxylation is 1. The molecule has 0 fully saturated rings. The lowest BCUT2D eigenvalue weighted by Crippen LogP contribution is -2.29. The number of nitrogens with one attached hydrogen (secondary N) is 1. The molecule has 1 aliphatic heterocycles. The highest BCUT2D eigenvalue weighted by molar-refractivity contribution is 6.34. The number of benzene rings is 3. The number of amides is 3. The van der Waals surface area contributed by atoms with Gasteiger partial charge in [-0.3, -0.25) is 14.4 Å². The summed E-state index contributed by atoms with van der Waals surface area (Å²) in [7, 11) is 0. The van der Waals surface area contributed by atoms with Crippen LogP contribution in [0.5, 0.6) is 0 Å². The highest BCUT2D eigenvalue weighted by atomic mass is 35.5. The van der Waals surface area contributed by atoms with Gasteiger partial charge in [0.05, 0.1) is 22.4 Å². The molecule has 1 aliphatic rings. The maximum atomic E-state index is 12.6. The summed E-state index contributed by atoms with van der Waals surface area (Å²) in [6.07, 6.45) is 0. The van der Waals surface area contributed by atoms with Crippen molar-refractivity contribution in [3.8, 4) is 0 Å². The molecule has 0 spiro atoms. The van der Waals surface area contributed by atoms with E-state index in [4.69, 9.17) is 16.3 Å². The topological polar surface area (TPSA) is 92.8 Å². The number of fused-ring (bicyclic) bond motifs is 1. The van der Waals surface area contributed by atoms with Gasteiger partial charge in [0, 0.05) is 10.7 Å². The van der Waals surface area contributed by atoms with Gasteiger partial charge in [0.2, 0.25) is 0 Å². The Morgan fingerprint density at radius 3 is 2.16 bits per heavy atom. The van der Waals surface area contributed by atoms with Gasteiger partial charge in [-0.15, -0.1) is 0 Å². The smallest absolute Gasteiger partial charge is 0.338 e. The average Bonchev–Trinajstić information content (AvgIpc) is 3.05. The second-order valence-electron chi connectivity index (χ2n) is 7.13. The molecule has 1 heterocycles. The molecule has 0 aliphatic carbocycles. The van der Waals surface area contributed by atoms with Crippen molar-refractivity contribution in [1.29, 1.82) is 0 Å². The van der Waals surface area contributed by atoms with Gasteiger partial charge in [-0.25, -0.2) is 9.69 Å². The zero-order valence-electron chi connectivity index (χ0n) is 16.9. The summed E-state index contributed by atoms with van der Waals surface area (Å²) < 4.78 is 5.04. The number of halogens is 1. The molecule has 3 aromatic carbocycles. The first kappa shape index (κ1) is 21.3. The lowest BCUT2D eigenvalue weighted by molar-refractivity contribution is -0.119. The molecule has 7 nitrogen and oxygen atoms in total. The van der Waals surface area contributed by atoms with E-state index in [9.17, 15) is 19.2 Å². The van der Waals surface area contributed by atoms with E-state index in [-0.39, 0.29) is 5.56 Å². The van der Waals surface area contributed by atoms with Crippen LogP contribution in [0.4, 0.5) is 11.4 Å². The Labute approximate surface area is 188 Å². The van der Waals surface area contributed by atoms with Crippen LogP contribution in [0.2, 0.25) is 5.02 Å². The molecule has 1 N–H and O–H groups in total. The number of imide groups is 1. The third-order valence-corrected chi connectivity index (χ3v) is 5.35. The number of nitrogens with zero attached hydrogens (tertiary/aromatic N) is 1. The zero-order chi connectivity index (χ0) is 22.8. The SMILES string of the molecule is Cc1ccc(NC(=O)COC(=O)c2ccc(N3C(=O)c4ccccc4C3=O)cc2)cc1Cl. The number of rotatable bonds is 5. The predicted molar refractivity (Wildman–Crippen MR) is 119 cm³/mol. The van der Waals surface area contributed by atoms with Crippen LogP contribution < -0.4 is 10.2 Å². The summed E-state index contributed by atoms with van der Waals surface area (Å²) in [5.41, 5.74) is 2.55. The lowest BCUT2D eigenvalue weighted by Gasteiger charge is -2.14. The number of carbonyl (C=O) groups is 4. The first-order chi connectivity index (χ1) is 15.3.